The standard InChI is InChI=1S/C25H23N5O6S/c1-16(27-15-17-3-13-22(14-4-17)37(26,34)35)23-24(18-5-11-21(36-2)12-6-18)28-29(25(23)31)19-7-9-20(10-8-19)30(32)33/h3-14,28H,15H2,1-2H3,(H2,26,34,35). The van der Waals surface area contributed by atoms with Crippen LogP contribution in [-0.2, 0) is 16.6 Å². The van der Waals surface area contributed by atoms with Crippen molar-refractivity contribution in [2.45, 2.75) is 18.4 Å². The molecular weight excluding hydrogens is 498 g/mol. The Morgan fingerprint density at radius 1 is 1.05 bits per heavy atom. The minimum Gasteiger partial charge on any atom is -0.497 e. The number of sulfonamides is 1. The van der Waals surface area contributed by atoms with Crippen molar-refractivity contribution >= 4 is 21.4 Å². The van der Waals surface area contributed by atoms with E-state index in [1.807, 2.05) is 0 Å². The van der Waals surface area contributed by atoms with Crippen LogP contribution >= 0.6 is 0 Å². The fourth-order valence-corrected chi connectivity index (χ4v) is 4.23. The summed E-state index contributed by atoms with van der Waals surface area (Å²) in [5.41, 5.74) is 2.66. The summed E-state index contributed by atoms with van der Waals surface area (Å²) in [5.74, 6) is 0.649. The molecule has 190 valence electrons. The molecule has 1 heterocycles. The molecule has 0 spiro atoms. The summed E-state index contributed by atoms with van der Waals surface area (Å²) in [6.07, 6.45) is 0. The minimum absolute atomic E-state index is 0.00429. The van der Waals surface area contributed by atoms with Crippen molar-refractivity contribution < 1.29 is 18.1 Å². The molecule has 0 aliphatic carbocycles. The second-order valence-electron chi connectivity index (χ2n) is 8.09. The first kappa shape index (κ1) is 25.5. The van der Waals surface area contributed by atoms with E-state index in [0.29, 0.717) is 34.0 Å². The smallest absolute Gasteiger partial charge is 0.280 e. The molecule has 0 bridgehead atoms. The number of non-ortho nitro benzene ring substituents is 1. The highest BCUT2D eigenvalue weighted by molar-refractivity contribution is 7.89. The van der Waals surface area contributed by atoms with E-state index in [2.05, 4.69) is 10.1 Å². The van der Waals surface area contributed by atoms with Crippen LogP contribution < -0.4 is 15.4 Å². The Labute approximate surface area is 212 Å². The number of hydrogen-bond donors (Lipinski definition) is 2. The molecular formula is C25H23N5O6S. The third-order valence-corrected chi connectivity index (χ3v) is 6.63. The van der Waals surface area contributed by atoms with Crippen molar-refractivity contribution in [3.63, 3.8) is 0 Å². The van der Waals surface area contributed by atoms with Crippen LogP contribution in [0.3, 0.4) is 0 Å². The molecule has 4 rings (SSSR count). The number of hydrogen-bond acceptors (Lipinski definition) is 7. The SMILES string of the molecule is COc1ccc(-c2[nH]n(-c3ccc([N+](=O)[O-])cc3)c(=O)c2C(C)=NCc2ccc(S(N)(=O)=O)cc2)cc1. The van der Waals surface area contributed by atoms with Gasteiger partial charge in [-0.2, -0.15) is 0 Å². The van der Waals surface area contributed by atoms with Gasteiger partial charge in [-0.05, 0) is 61.0 Å². The Hall–Kier alpha value is -4.55. The number of aliphatic imine (C=N–C) groups is 1. The summed E-state index contributed by atoms with van der Waals surface area (Å²) in [6, 6.07) is 18.7. The van der Waals surface area contributed by atoms with E-state index in [1.54, 1.807) is 50.4 Å². The Morgan fingerprint density at radius 3 is 2.22 bits per heavy atom. The van der Waals surface area contributed by atoms with Gasteiger partial charge in [-0.15, -0.1) is 0 Å². The molecule has 12 heteroatoms. The number of nitro groups is 1. The second-order valence-corrected chi connectivity index (χ2v) is 9.66. The lowest BCUT2D eigenvalue weighted by Crippen LogP contribution is -2.19. The normalized spacial score (nSPS) is 11.9. The summed E-state index contributed by atoms with van der Waals surface area (Å²) >= 11 is 0. The van der Waals surface area contributed by atoms with Crippen LogP contribution in [-0.4, -0.2) is 35.9 Å². The summed E-state index contributed by atoms with van der Waals surface area (Å²) in [6.45, 7) is 1.90. The molecule has 0 aliphatic heterocycles. The number of aromatic nitrogens is 2. The molecule has 37 heavy (non-hydrogen) atoms. The molecule has 0 atom stereocenters. The molecule has 0 amide bonds. The lowest BCUT2D eigenvalue weighted by atomic mass is 10.0. The first-order chi connectivity index (χ1) is 17.6. The van der Waals surface area contributed by atoms with Crippen molar-refractivity contribution in [3.8, 4) is 22.7 Å². The predicted molar refractivity (Wildman–Crippen MR) is 139 cm³/mol. The zero-order valence-corrected chi connectivity index (χ0v) is 20.7. The van der Waals surface area contributed by atoms with Crippen LogP contribution in [0.25, 0.3) is 16.9 Å². The largest absolute Gasteiger partial charge is 0.497 e. The van der Waals surface area contributed by atoms with Gasteiger partial charge < -0.3 is 4.74 Å². The van der Waals surface area contributed by atoms with Gasteiger partial charge in [0, 0.05) is 23.4 Å². The van der Waals surface area contributed by atoms with Gasteiger partial charge in [-0.25, -0.2) is 18.2 Å². The summed E-state index contributed by atoms with van der Waals surface area (Å²) < 4.78 is 29.5. The molecule has 1 aromatic heterocycles. The van der Waals surface area contributed by atoms with Gasteiger partial charge in [0.25, 0.3) is 11.2 Å². The van der Waals surface area contributed by atoms with Gasteiger partial charge in [0.15, 0.2) is 0 Å². The van der Waals surface area contributed by atoms with Crippen LogP contribution in [0.1, 0.15) is 18.1 Å². The van der Waals surface area contributed by atoms with E-state index in [9.17, 15) is 23.3 Å². The fourth-order valence-electron chi connectivity index (χ4n) is 3.72. The number of aromatic amines is 1. The molecule has 0 aliphatic rings. The van der Waals surface area contributed by atoms with Gasteiger partial charge in [-0.1, -0.05) is 12.1 Å². The van der Waals surface area contributed by atoms with E-state index < -0.39 is 14.9 Å². The highest BCUT2D eigenvalue weighted by Gasteiger charge is 2.20. The number of benzene rings is 3. The van der Waals surface area contributed by atoms with Gasteiger partial charge in [0.05, 0.1) is 40.4 Å². The average molecular weight is 522 g/mol. The number of ether oxygens (including phenoxy) is 1. The van der Waals surface area contributed by atoms with Crippen molar-refractivity contribution in [2.75, 3.05) is 7.11 Å². The van der Waals surface area contributed by atoms with E-state index in [0.717, 1.165) is 5.56 Å². The maximum absolute atomic E-state index is 13.5. The average Bonchev–Trinajstić information content (AvgIpc) is 3.24. The molecule has 0 radical (unpaired) electrons. The molecule has 0 unspecified atom stereocenters. The van der Waals surface area contributed by atoms with E-state index in [1.165, 1.54) is 41.1 Å². The second kappa shape index (κ2) is 10.2. The monoisotopic (exact) mass is 521 g/mol. The maximum atomic E-state index is 13.5. The van der Waals surface area contributed by atoms with E-state index >= 15 is 0 Å². The number of nitrogens with one attached hydrogen (secondary N) is 1. The lowest BCUT2D eigenvalue weighted by Gasteiger charge is -2.05. The third-order valence-electron chi connectivity index (χ3n) is 5.70. The summed E-state index contributed by atoms with van der Waals surface area (Å²) in [7, 11) is -2.25. The zero-order chi connectivity index (χ0) is 26.7. The quantitative estimate of drug-likeness (QED) is 0.205. The fraction of sp³-hybridized carbons (Fsp3) is 0.120. The molecule has 4 aromatic rings. The minimum atomic E-state index is -3.80. The Balaban J connectivity index is 1.76. The maximum Gasteiger partial charge on any atom is 0.280 e. The highest BCUT2D eigenvalue weighted by Crippen LogP contribution is 2.25. The molecule has 0 saturated carbocycles. The first-order valence-electron chi connectivity index (χ1n) is 11.0. The summed E-state index contributed by atoms with van der Waals surface area (Å²) in [5, 5.41) is 19.3. The van der Waals surface area contributed by atoms with Crippen LogP contribution in [0, 0.1) is 10.1 Å². The molecule has 11 nitrogen and oxygen atoms in total. The topological polar surface area (TPSA) is 163 Å². The van der Waals surface area contributed by atoms with Crippen molar-refractivity contribution in [2.24, 2.45) is 10.1 Å². The van der Waals surface area contributed by atoms with Crippen molar-refractivity contribution in [3.05, 3.63) is 104 Å². The van der Waals surface area contributed by atoms with Crippen molar-refractivity contribution in [1.82, 2.24) is 9.78 Å². The van der Waals surface area contributed by atoms with Gasteiger partial charge >= 0.3 is 0 Å². The number of nitro benzene ring substituents is 1. The number of rotatable bonds is 8. The summed E-state index contributed by atoms with van der Waals surface area (Å²) in [4.78, 5) is 28.6. The highest BCUT2D eigenvalue weighted by atomic mass is 32.2. The number of methoxy groups -OCH3 is 1. The Morgan fingerprint density at radius 2 is 1.68 bits per heavy atom. The van der Waals surface area contributed by atoms with Crippen LogP contribution in [0.4, 0.5) is 5.69 Å². The van der Waals surface area contributed by atoms with Gasteiger partial charge in [0.1, 0.15) is 5.75 Å². The van der Waals surface area contributed by atoms with Gasteiger partial charge in [-0.3, -0.25) is 25.0 Å². The van der Waals surface area contributed by atoms with Gasteiger partial charge in [0.2, 0.25) is 10.0 Å². The van der Waals surface area contributed by atoms with E-state index in [4.69, 9.17) is 9.88 Å². The van der Waals surface area contributed by atoms with Crippen LogP contribution in [0.15, 0.2) is 87.5 Å². The number of nitrogens with zero attached hydrogens (tertiary/aromatic N) is 3. The Bertz CT molecular complexity index is 1640. The number of primary sulfonamides is 1. The third kappa shape index (κ3) is 5.50. The van der Waals surface area contributed by atoms with Crippen LogP contribution in [0.5, 0.6) is 5.75 Å². The lowest BCUT2D eigenvalue weighted by molar-refractivity contribution is -0.384. The Kier molecular flexibility index (Phi) is 7.05. The number of nitrogens with two attached hydrogens (primary N) is 1. The molecule has 0 fully saturated rings. The van der Waals surface area contributed by atoms with Crippen LogP contribution in [0.2, 0.25) is 0 Å². The van der Waals surface area contributed by atoms with Crippen molar-refractivity contribution in [1.29, 1.82) is 0 Å². The zero-order valence-electron chi connectivity index (χ0n) is 19.9. The first-order valence-corrected chi connectivity index (χ1v) is 12.5. The molecule has 3 aromatic carbocycles. The molecule has 0 saturated heterocycles. The van der Waals surface area contributed by atoms with E-state index in [-0.39, 0.29) is 22.7 Å². The predicted octanol–water partition coefficient (Wildman–Crippen LogP) is 3.41. The molecule has 3 N–H and O–H groups in total. The number of H-pyrrole nitrogens is 1.